The van der Waals surface area contributed by atoms with E-state index in [9.17, 15) is 9.59 Å². The third-order valence-electron chi connectivity index (χ3n) is 5.09. The van der Waals surface area contributed by atoms with Gasteiger partial charge in [-0.1, -0.05) is 60.8 Å². The summed E-state index contributed by atoms with van der Waals surface area (Å²) in [5.74, 6) is -0.701. The van der Waals surface area contributed by atoms with Gasteiger partial charge < -0.3 is 10.4 Å². The Morgan fingerprint density at radius 3 is 1.67 bits per heavy atom. The molecular weight excluding hydrogens is 533 g/mol. The fraction of sp³-hybridized carbons (Fsp3) is 0.214. The Morgan fingerprint density at radius 2 is 1.22 bits per heavy atom. The smallest absolute Gasteiger partial charge is 0.308 e. The van der Waals surface area contributed by atoms with Gasteiger partial charge in [0.2, 0.25) is 5.91 Å². The zero-order chi connectivity index (χ0) is 25.9. The van der Waals surface area contributed by atoms with Crippen molar-refractivity contribution in [2.24, 2.45) is 0 Å². The molecule has 1 amide bonds. The first-order valence-electron chi connectivity index (χ1n) is 11.5. The maximum atomic E-state index is 11.8. The summed E-state index contributed by atoms with van der Waals surface area (Å²) < 4.78 is 0. The van der Waals surface area contributed by atoms with E-state index in [0.717, 1.165) is 55.0 Å². The minimum absolute atomic E-state index is 0.0816. The Morgan fingerprint density at radius 1 is 0.750 bits per heavy atom. The number of carboxylic acid groups (broad SMARTS) is 1. The van der Waals surface area contributed by atoms with Crippen molar-refractivity contribution >= 4 is 57.8 Å². The minimum Gasteiger partial charge on any atom is -0.481 e. The summed E-state index contributed by atoms with van der Waals surface area (Å²) >= 11 is 14.8. The lowest BCUT2D eigenvalue weighted by Crippen LogP contribution is -2.25. The number of thiophene rings is 2. The third-order valence-corrected chi connectivity index (χ3v) is 7.87. The Balaban J connectivity index is 0.000000205. The molecule has 0 aliphatic rings. The first-order chi connectivity index (χ1) is 17.3. The van der Waals surface area contributed by atoms with Crippen LogP contribution in [-0.4, -0.2) is 23.5 Å². The van der Waals surface area contributed by atoms with Crippen LogP contribution in [0.25, 0.3) is 20.9 Å². The van der Waals surface area contributed by atoms with Crippen LogP contribution >= 0.6 is 45.9 Å². The van der Waals surface area contributed by atoms with Gasteiger partial charge in [0.15, 0.2) is 0 Å². The molecule has 2 N–H and O–H groups in total. The van der Waals surface area contributed by atoms with E-state index < -0.39 is 5.97 Å². The normalized spacial score (nSPS) is 10.4. The van der Waals surface area contributed by atoms with Crippen LogP contribution in [0.5, 0.6) is 0 Å². The van der Waals surface area contributed by atoms with E-state index in [-0.39, 0.29) is 12.3 Å². The summed E-state index contributed by atoms with van der Waals surface area (Å²) in [4.78, 5) is 26.5. The number of carboxylic acids is 1. The number of aliphatic carboxylic acids is 1. The van der Waals surface area contributed by atoms with E-state index in [0.29, 0.717) is 11.4 Å². The molecule has 0 unspecified atom stereocenters. The lowest BCUT2D eigenvalue weighted by atomic mass is 10.2. The number of hydrogen-bond donors (Lipinski definition) is 2. The van der Waals surface area contributed by atoms with E-state index in [1.54, 1.807) is 11.3 Å². The number of amides is 1. The van der Waals surface area contributed by atoms with Crippen molar-refractivity contribution in [1.29, 1.82) is 0 Å². The van der Waals surface area contributed by atoms with Gasteiger partial charge in [0.25, 0.3) is 0 Å². The lowest BCUT2D eigenvalue weighted by Gasteiger charge is -2.02. The molecule has 2 aromatic carbocycles. The summed E-state index contributed by atoms with van der Waals surface area (Å²) in [6.07, 6.45) is 2.67. The van der Waals surface area contributed by atoms with Crippen LogP contribution in [0.3, 0.4) is 0 Å². The van der Waals surface area contributed by atoms with Gasteiger partial charge in [0, 0.05) is 36.1 Å². The number of rotatable bonds is 9. The number of carbonyl (C=O) groups excluding carboxylic acids is 1. The Labute approximate surface area is 229 Å². The number of hydrogen-bond acceptors (Lipinski definition) is 4. The summed E-state index contributed by atoms with van der Waals surface area (Å²) in [6, 6.07) is 23.1. The molecule has 2 heterocycles. The van der Waals surface area contributed by atoms with Crippen molar-refractivity contribution in [3.05, 3.63) is 92.6 Å². The van der Waals surface area contributed by atoms with Gasteiger partial charge in [0.05, 0.1) is 12.8 Å². The zero-order valence-corrected chi connectivity index (χ0v) is 22.9. The standard InChI is InChI=1S/C16H18ClNOS.C12H9ClO2S/c1-2-3-10-18-16(19)11-14-8-9-15(20-14)12-4-6-13(17)7-5-12;13-9-3-1-8(2-4-9)11-6-5-10(16-11)7-12(14)15/h4-9H,2-3,10-11H2,1H3,(H,18,19);1-6H,7H2,(H,14,15). The summed E-state index contributed by atoms with van der Waals surface area (Å²) in [7, 11) is 0. The largest absolute Gasteiger partial charge is 0.481 e. The molecule has 188 valence electrons. The molecule has 0 aliphatic carbocycles. The molecule has 4 rings (SSSR count). The molecule has 0 saturated carbocycles. The maximum Gasteiger partial charge on any atom is 0.308 e. The second kappa shape index (κ2) is 14.2. The number of unbranched alkanes of at least 4 members (excludes halogenated alkanes) is 1. The Hall–Kier alpha value is -2.64. The monoisotopic (exact) mass is 559 g/mol. The molecule has 0 fully saturated rings. The second-order valence-corrected chi connectivity index (χ2v) is 11.2. The lowest BCUT2D eigenvalue weighted by molar-refractivity contribution is -0.136. The van der Waals surface area contributed by atoms with Crippen molar-refractivity contribution in [3.8, 4) is 20.9 Å². The van der Waals surface area contributed by atoms with Crippen LogP contribution in [0.1, 0.15) is 29.5 Å². The first kappa shape index (κ1) is 27.9. The van der Waals surface area contributed by atoms with E-state index in [1.807, 2.05) is 66.7 Å². The molecule has 0 radical (unpaired) electrons. The minimum atomic E-state index is -0.801. The molecule has 0 saturated heterocycles. The molecule has 8 heteroatoms. The van der Waals surface area contributed by atoms with E-state index in [2.05, 4.69) is 18.3 Å². The van der Waals surface area contributed by atoms with Crippen LogP contribution in [0.15, 0.2) is 72.8 Å². The van der Waals surface area contributed by atoms with Gasteiger partial charge in [-0.25, -0.2) is 0 Å². The maximum absolute atomic E-state index is 11.8. The SMILES string of the molecule is CCCCNC(=O)Cc1ccc(-c2ccc(Cl)cc2)s1.O=C(O)Cc1ccc(-c2ccc(Cl)cc2)s1. The number of carbonyl (C=O) groups is 2. The fourth-order valence-corrected chi connectivity index (χ4v) is 5.53. The molecule has 36 heavy (non-hydrogen) atoms. The van der Waals surface area contributed by atoms with Gasteiger partial charge in [-0.05, 0) is 66.1 Å². The molecular formula is C28H27Cl2NO3S2. The fourth-order valence-electron chi connectivity index (χ4n) is 3.26. The van der Waals surface area contributed by atoms with E-state index >= 15 is 0 Å². The van der Waals surface area contributed by atoms with E-state index in [4.69, 9.17) is 28.3 Å². The molecule has 4 aromatic rings. The highest BCUT2D eigenvalue weighted by molar-refractivity contribution is 7.15. The summed E-state index contributed by atoms with van der Waals surface area (Å²) in [5, 5.41) is 13.0. The highest BCUT2D eigenvalue weighted by atomic mass is 35.5. The number of nitrogens with one attached hydrogen (secondary N) is 1. The predicted octanol–water partition coefficient (Wildman–Crippen LogP) is 8.22. The Bertz CT molecular complexity index is 1260. The topological polar surface area (TPSA) is 66.4 Å². The zero-order valence-electron chi connectivity index (χ0n) is 19.8. The summed E-state index contributed by atoms with van der Waals surface area (Å²) in [6.45, 7) is 2.88. The highest BCUT2D eigenvalue weighted by Gasteiger charge is 2.08. The van der Waals surface area contributed by atoms with Crippen LogP contribution in [0, 0.1) is 0 Å². The van der Waals surface area contributed by atoms with Crippen LogP contribution < -0.4 is 5.32 Å². The van der Waals surface area contributed by atoms with Crippen LogP contribution in [-0.2, 0) is 22.4 Å². The average molecular weight is 561 g/mol. The first-order valence-corrected chi connectivity index (χ1v) is 13.9. The van der Waals surface area contributed by atoms with Gasteiger partial charge in [-0.15, -0.1) is 22.7 Å². The number of halogens is 2. The van der Waals surface area contributed by atoms with Crippen molar-refractivity contribution in [3.63, 3.8) is 0 Å². The average Bonchev–Trinajstić information content (AvgIpc) is 3.50. The third kappa shape index (κ3) is 9.10. The number of benzene rings is 2. The molecule has 0 aliphatic heterocycles. The van der Waals surface area contributed by atoms with Crippen molar-refractivity contribution in [2.75, 3.05) is 6.54 Å². The van der Waals surface area contributed by atoms with Gasteiger partial charge in [-0.3, -0.25) is 9.59 Å². The second-order valence-electron chi connectivity index (χ2n) is 8.00. The van der Waals surface area contributed by atoms with Crippen molar-refractivity contribution in [1.82, 2.24) is 5.32 Å². The van der Waals surface area contributed by atoms with Crippen LogP contribution in [0.4, 0.5) is 0 Å². The molecule has 0 atom stereocenters. The molecule has 0 bridgehead atoms. The van der Waals surface area contributed by atoms with Gasteiger partial charge in [-0.2, -0.15) is 0 Å². The summed E-state index contributed by atoms with van der Waals surface area (Å²) in [5.41, 5.74) is 2.20. The molecule has 4 nitrogen and oxygen atoms in total. The van der Waals surface area contributed by atoms with Gasteiger partial charge in [0.1, 0.15) is 0 Å². The quantitative estimate of drug-likeness (QED) is 0.203. The van der Waals surface area contributed by atoms with Crippen molar-refractivity contribution < 1.29 is 14.7 Å². The highest BCUT2D eigenvalue weighted by Crippen LogP contribution is 2.30. The van der Waals surface area contributed by atoms with E-state index in [1.165, 1.54) is 11.3 Å². The van der Waals surface area contributed by atoms with Crippen molar-refractivity contribution in [2.45, 2.75) is 32.6 Å². The molecule has 0 spiro atoms. The van der Waals surface area contributed by atoms with Crippen LogP contribution in [0.2, 0.25) is 10.0 Å². The predicted molar refractivity (Wildman–Crippen MR) is 152 cm³/mol. The molecule has 2 aromatic heterocycles. The van der Waals surface area contributed by atoms with Gasteiger partial charge >= 0.3 is 5.97 Å². The Kier molecular flexibility index (Phi) is 11.0.